The molecule has 2 aromatic heterocycles. The summed E-state index contributed by atoms with van der Waals surface area (Å²) in [6, 6.07) is 3.86. The van der Waals surface area contributed by atoms with Gasteiger partial charge < -0.3 is 10.2 Å². The Morgan fingerprint density at radius 1 is 1.43 bits per heavy atom. The van der Waals surface area contributed by atoms with E-state index < -0.39 is 0 Å². The van der Waals surface area contributed by atoms with E-state index in [1.54, 1.807) is 0 Å². The van der Waals surface area contributed by atoms with E-state index in [2.05, 4.69) is 32.3 Å². The molecule has 0 amide bonds. The fraction of sp³-hybridized carbons (Fsp3) is 0.571. The molecule has 1 fully saturated rings. The van der Waals surface area contributed by atoms with Gasteiger partial charge in [-0.15, -0.1) is 16.4 Å². The lowest BCUT2D eigenvalue weighted by molar-refractivity contribution is 0.384. The van der Waals surface area contributed by atoms with Gasteiger partial charge >= 0.3 is 0 Å². The second-order valence-corrected chi connectivity index (χ2v) is 7.04. The van der Waals surface area contributed by atoms with E-state index >= 15 is 0 Å². The van der Waals surface area contributed by atoms with E-state index in [0.717, 1.165) is 53.1 Å². The monoisotopic (exact) mass is 325 g/mol. The summed E-state index contributed by atoms with van der Waals surface area (Å²) in [4.78, 5) is 7.89. The number of halogens is 1. The second kappa shape index (κ2) is 6.77. The Labute approximate surface area is 133 Å². The number of H-pyrrole nitrogens is 1. The lowest BCUT2D eigenvalue weighted by Gasteiger charge is -2.31. The minimum Gasteiger partial charge on any atom is -0.340 e. The molecule has 0 aromatic carbocycles. The number of aromatic amines is 1. The zero-order valence-corrected chi connectivity index (χ0v) is 13.7. The summed E-state index contributed by atoms with van der Waals surface area (Å²) >= 11 is 7.48. The summed E-state index contributed by atoms with van der Waals surface area (Å²) in [7, 11) is 0. The van der Waals surface area contributed by atoms with Crippen LogP contribution in [-0.2, 0) is 0 Å². The average molecular weight is 326 g/mol. The van der Waals surface area contributed by atoms with Crippen molar-refractivity contribution >= 4 is 28.9 Å². The first kappa shape index (κ1) is 14.8. The first-order valence-corrected chi connectivity index (χ1v) is 8.59. The second-order valence-electron chi connectivity index (χ2n) is 5.33. The van der Waals surface area contributed by atoms with Gasteiger partial charge in [0.15, 0.2) is 5.82 Å². The van der Waals surface area contributed by atoms with E-state index in [-0.39, 0.29) is 0 Å². The van der Waals surface area contributed by atoms with Crippen LogP contribution in [0.25, 0.3) is 10.7 Å². The SMILES string of the molecule is CCNCC1CCN(c2n[nH]c(-c3ccc(Cl)s3)n2)CC1. The highest BCUT2D eigenvalue weighted by Crippen LogP contribution is 2.30. The van der Waals surface area contributed by atoms with Gasteiger partial charge in [0.1, 0.15) is 0 Å². The third-order valence-electron chi connectivity index (χ3n) is 3.86. The molecule has 0 radical (unpaired) electrons. The van der Waals surface area contributed by atoms with Crippen molar-refractivity contribution < 1.29 is 0 Å². The van der Waals surface area contributed by atoms with E-state index in [9.17, 15) is 0 Å². The van der Waals surface area contributed by atoms with Crippen molar-refractivity contribution in [3.63, 3.8) is 0 Å². The van der Waals surface area contributed by atoms with Gasteiger partial charge in [0.2, 0.25) is 5.95 Å². The van der Waals surface area contributed by atoms with E-state index in [4.69, 9.17) is 11.6 Å². The Morgan fingerprint density at radius 2 is 2.24 bits per heavy atom. The molecule has 3 heterocycles. The number of thiophene rings is 1. The lowest BCUT2D eigenvalue weighted by atomic mass is 9.97. The van der Waals surface area contributed by atoms with Gasteiger partial charge in [-0.3, -0.25) is 5.10 Å². The first-order chi connectivity index (χ1) is 10.3. The van der Waals surface area contributed by atoms with Gasteiger partial charge in [-0.05, 0) is 44.0 Å². The minimum atomic E-state index is 0.771. The maximum Gasteiger partial charge on any atom is 0.245 e. The zero-order chi connectivity index (χ0) is 14.7. The molecule has 0 aliphatic carbocycles. The number of nitrogens with one attached hydrogen (secondary N) is 2. The fourth-order valence-corrected chi connectivity index (χ4v) is 3.61. The molecule has 0 unspecified atom stereocenters. The van der Waals surface area contributed by atoms with Crippen LogP contribution in [-0.4, -0.2) is 41.4 Å². The molecule has 21 heavy (non-hydrogen) atoms. The zero-order valence-electron chi connectivity index (χ0n) is 12.1. The minimum absolute atomic E-state index is 0.771. The molecule has 0 bridgehead atoms. The molecule has 1 saturated heterocycles. The number of hydrogen-bond donors (Lipinski definition) is 2. The van der Waals surface area contributed by atoms with Crippen LogP contribution < -0.4 is 10.2 Å². The van der Waals surface area contributed by atoms with Gasteiger partial charge in [0.05, 0.1) is 9.21 Å². The van der Waals surface area contributed by atoms with Crippen LogP contribution in [0.15, 0.2) is 12.1 Å². The van der Waals surface area contributed by atoms with Crippen molar-refractivity contribution in [2.75, 3.05) is 31.1 Å². The Balaban J connectivity index is 1.60. The normalized spacial score (nSPS) is 16.6. The lowest BCUT2D eigenvalue weighted by Crippen LogP contribution is -2.37. The van der Waals surface area contributed by atoms with Gasteiger partial charge in [0, 0.05) is 13.1 Å². The summed E-state index contributed by atoms with van der Waals surface area (Å²) in [6.07, 6.45) is 2.39. The first-order valence-electron chi connectivity index (χ1n) is 7.40. The van der Waals surface area contributed by atoms with E-state index in [1.807, 2.05) is 12.1 Å². The van der Waals surface area contributed by atoms with Crippen LogP contribution in [0.5, 0.6) is 0 Å². The third-order valence-corrected chi connectivity index (χ3v) is 5.10. The van der Waals surface area contributed by atoms with Crippen molar-refractivity contribution in [3.8, 4) is 10.7 Å². The van der Waals surface area contributed by atoms with Crippen LogP contribution in [0.2, 0.25) is 4.34 Å². The number of nitrogens with zero attached hydrogens (tertiary/aromatic N) is 3. The van der Waals surface area contributed by atoms with Crippen LogP contribution in [0.4, 0.5) is 5.95 Å². The van der Waals surface area contributed by atoms with Crippen molar-refractivity contribution in [1.29, 1.82) is 0 Å². The van der Waals surface area contributed by atoms with Crippen LogP contribution in [0.3, 0.4) is 0 Å². The van der Waals surface area contributed by atoms with Crippen molar-refractivity contribution in [2.45, 2.75) is 19.8 Å². The number of aromatic nitrogens is 3. The molecular weight excluding hydrogens is 306 g/mol. The number of piperidine rings is 1. The highest BCUT2D eigenvalue weighted by molar-refractivity contribution is 7.19. The topological polar surface area (TPSA) is 56.8 Å². The van der Waals surface area contributed by atoms with Crippen molar-refractivity contribution in [2.24, 2.45) is 5.92 Å². The maximum atomic E-state index is 5.96. The molecule has 0 atom stereocenters. The van der Waals surface area contributed by atoms with Gasteiger partial charge in [-0.2, -0.15) is 4.98 Å². The van der Waals surface area contributed by atoms with Crippen LogP contribution in [0, 0.1) is 5.92 Å². The molecule has 2 N–H and O–H groups in total. The molecule has 1 aliphatic heterocycles. The molecule has 5 nitrogen and oxygen atoms in total. The van der Waals surface area contributed by atoms with Crippen molar-refractivity contribution in [3.05, 3.63) is 16.5 Å². The molecule has 3 rings (SSSR count). The summed E-state index contributed by atoms with van der Waals surface area (Å²) < 4.78 is 0.771. The summed E-state index contributed by atoms with van der Waals surface area (Å²) in [5, 5.41) is 10.8. The molecule has 114 valence electrons. The van der Waals surface area contributed by atoms with Crippen LogP contribution >= 0.6 is 22.9 Å². The Bertz CT molecular complexity index is 573. The highest BCUT2D eigenvalue weighted by atomic mass is 35.5. The standard InChI is InChI=1S/C14H20ClN5S/c1-2-16-9-10-5-7-20(8-6-10)14-17-13(18-19-14)11-3-4-12(15)21-11/h3-4,10,16H,2,5-9H2,1H3,(H,17,18,19). The van der Waals surface area contributed by atoms with Crippen LogP contribution in [0.1, 0.15) is 19.8 Å². The summed E-state index contributed by atoms with van der Waals surface area (Å²) in [5.41, 5.74) is 0. The predicted molar refractivity (Wildman–Crippen MR) is 88.2 cm³/mol. The smallest absolute Gasteiger partial charge is 0.245 e. The van der Waals surface area contributed by atoms with Gasteiger partial charge in [0.25, 0.3) is 0 Å². The fourth-order valence-electron chi connectivity index (χ4n) is 2.63. The number of hydrogen-bond acceptors (Lipinski definition) is 5. The molecule has 2 aromatic rings. The van der Waals surface area contributed by atoms with E-state index in [0.29, 0.717) is 0 Å². The van der Waals surface area contributed by atoms with Gasteiger partial charge in [-0.1, -0.05) is 18.5 Å². The average Bonchev–Trinajstić information content (AvgIpc) is 3.14. The Hall–Kier alpha value is -1.11. The van der Waals surface area contributed by atoms with Crippen molar-refractivity contribution in [1.82, 2.24) is 20.5 Å². The molecule has 7 heteroatoms. The van der Waals surface area contributed by atoms with E-state index in [1.165, 1.54) is 24.2 Å². The quantitative estimate of drug-likeness (QED) is 0.887. The third kappa shape index (κ3) is 3.56. The number of anilines is 1. The van der Waals surface area contributed by atoms with Gasteiger partial charge in [-0.25, -0.2) is 0 Å². The molecule has 1 aliphatic rings. The Kier molecular flexibility index (Phi) is 4.77. The summed E-state index contributed by atoms with van der Waals surface area (Å²) in [5.74, 6) is 2.38. The predicted octanol–water partition coefficient (Wildman–Crippen LogP) is 3.01. The number of rotatable bonds is 5. The highest BCUT2D eigenvalue weighted by Gasteiger charge is 2.21. The summed E-state index contributed by atoms with van der Waals surface area (Å²) in [6.45, 7) is 6.38. The Morgan fingerprint density at radius 3 is 2.90 bits per heavy atom. The molecule has 0 saturated carbocycles. The molecule has 0 spiro atoms. The largest absolute Gasteiger partial charge is 0.340 e. The maximum absolute atomic E-state index is 5.96. The molecular formula is C14H20ClN5S.